The Morgan fingerprint density at radius 3 is 1.73 bits per heavy atom. The minimum absolute atomic E-state index is 0.0847. The van der Waals surface area contributed by atoms with Crippen molar-refractivity contribution in [3.63, 3.8) is 0 Å². The van der Waals surface area contributed by atoms with Gasteiger partial charge in [0.1, 0.15) is 11.2 Å². The second kappa shape index (κ2) is 13.0. The average molecular weight is 721 g/mol. The Morgan fingerprint density at radius 2 is 0.946 bits per heavy atom. The van der Waals surface area contributed by atoms with E-state index in [9.17, 15) is 1.37 Å². The van der Waals surface area contributed by atoms with E-state index in [1.165, 1.54) is 0 Å². The molecule has 0 fully saturated rings. The molecule has 262 valence electrons. The molecule has 56 heavy (non-hydrogen) atoms. The highest BCUT2D eigenvalue weighted by atomic mass is 16.3. The Labute approximate surface area is 328 Å². The highest BCUT2D eigenvalue weighted by Gasteiger charge is 2.17. The monoisotopic (exact) mass is 720 g/mol. The lowest BCUT2D eigenvalue weighted by Crippen LogP contribution is -2.01. The fourth-order valence-corrected chi connectivity index (χ4v) is 7.65. The maximum Gasteiger partial charge on any atom is 0.164 e. The first kappa shape index (κ1) is 27.9. The number of nitrogens with zero attached hydrogens (tertiary/aromatic N) is 4. The van der Waals surface area contributed by atoms with Gasteiger partial charge in [0.15, 0.2) is 17.5 Å². The molecule has 0 unspecified atom stereocenters. The number of fused-ring (bicyclic) bond motifs is 6. The van der Waals surface area contributed by atoms with E-state index in [1.54, 1.807) is 0 Å². The predicted octanol–water partition coefficient (Wildman–Crippen LogP) is 13.2. The largest absolute Gasteiger partial charge is 0.456 e. The van der Waals surface area contributed by atoms with Gasteiger partial charge in [-0.2, -0.15) is 0 Å². The summed E-state index contributed by atoms with van der Waals surface area (Å²) < 4.78 is 43.8. The molecule has 11 rings (SSSR count). The third-order valence-electron chi connectivity index (χ3n) is 10.4. The Morgan fingerprint density at radius 1 is 0.375 bits per heavy atom. The topological polar surface area (TPSA) is 56.7 Å². The van der Waals surface area contributed by atoms with Crippen LogP contribution in [0.5, 0.6) is 0 Å². The summed E-state index contributed by atoms with van der Waals surface area (Å²) in [4.78, 5) is 15.0. The van der Waals surface area contributed by atoms with Crippen LogP contribution in [0.2, 0.25) is 0 Å². The van der Waals surface area contributed by atoms with E-state index < -0.39 is 0 Å². The van der Waals surface area contributed by atoms with Gasteiger partial charge in [-0.05, 0) is 70.8 Å². The first-order valence-electron chi connectivity index (χ1n) is 20.4. The molecule has 0 bridgehead atoms. The summed E-state index contributed by atoms with van der Waals surface area (Å²) in [6, 6.07) is 55.5. The normalized spacial score (nSPS) is 12.6. The van der Waals surface area contributed by atoms with Crippen molar-refractivity contribution in [2.24, 2.45) is 0 Å². The van der Waals surface area contributed by atoms with Crippen molar-refractivity contribution in [3.8, 4) is 62.1 Å². The molecule has 0 N–H and O–H groups in total. The van der Waals surface area contributed by atoms with Crippen LogP contribution in [0.25, 0.3) is 106 Å². The van der Waals surface area contributed by atoms with Crippen LogP contribution in [-0.2, 0) is 0 Å². The summed E-state index contributed by atoms with van der Waals surface area (Å²) in [7, 11) is 0. The van der Waals surface area contributed by atoms with Crippen molar-refractivity contribution >= 4 is 43.7 Å². The van der Waals surface area contributed by atoms with Crippen molar-refractivity contribution in [1.82, 2.24) is 19.5 Å². The molecule has 11 aromatic rings. The van der Waals surface area contributed by atoms with Crippen LogP contribution < -0.4 is 0 Å². The quantitative estimate of drug-likeness (QED) is 0.172. The Hall–Kier alpha value is -7.63. The maximum atomic E-state index is 9.18. The Balaban J connectivity index is 1.07. The van der Waals surface area contributed by atoms with Crippen LogP contribution in [0, 0.1) is 0 Å². The van der Waals surface area contributed by atoms with Crippen LogP contribution in [0.4, 0.5) is 0 Å². The molecule has 5 nitrogen and oxygen atoms in total. The lowest BCUT2D eigenvalue weighted by Gasteiger charge is -2.12. The molecule has 5 heteroatoms. The van der Waals surface area contributed by atoms with Crippen molar-refractivity contribution in [3.05, 3.63) is 194 Å². The van der Waals surface area contributed by atoms with Gasteiger partial charge in [-0.3, -0.25) is 0 Å². The van der Waals surface area contributed by atoms with Crippen LogP contribution in [0.1, 0.15) is 5.48 Å². The fourth-order valence-electron chi connectivity index (χ4n) is 7.65. The average Bonchev–Trinajstić information content (AvgIpc) is 3.86. The van der Waals surface area contributed by atoms with E-state index in [4.69, 9.17) is 23.5 Å². The molecular formula is C51H32N4O. The van der Waals surface area contributed by atoms with Gasteiger partial charge in [0.2, 0.25) is 0 Å². The minimum atomic E-state index is -0.291. The van der Waals surface area contributed by atoms with Gasteiger partial charge >= 0.3 is 0 Å². The molecule has 0 saturated heterocycles. The molecular weight excluding hydrogens is 685 g/mol. The molecule has 8 aromatic carbocycles. The van der Waals surface area contributed by atoms with Gasteiger partial charge in [-0.15, -0.1) is 0 Å². The molecule has 3 aromatic heterocycles. The zero-order chi connectivity index (χ0) is 40.5. The SMILES string of the molecule is [2H]c1c([2H])c([2H])c2c(c1[2H])c1cc(-c3ccc(-c4ccccc4)cc3)ccc1n2-c1cccc(-c2nc(-c3ccccc3)nc(-c3ccc4c(c3)oc3ccccc34)n2)c1. The molecule has 0 atom stereocenters. The van der Waals surface area contributed by atoms with Crippen molar-refractivity contribution in [1.29, 1.82) is 0 Å². The van der Waals surface area contributed by atoms with E-state index in [0.29, 0.717) is 39.6 Å². The zero-order valence-electron chi connectivity index (χ0n) is 33.9. The van der Waals surface area contributed by atoms with Crippen molar-refractivity contribution < 1.29 is 9.90 Å². The standard InChI is InChI=1S/C51H32N4O/c1-3-12-33(13-4-1)34-22-24-35(25-23-34)37-27-29-46-44(31-37)41-18-7-9-20-45(41)55(46)40-17-11-16-38(30-40)50-52-49(36-14-5-2-6-15-36)53-51(54-50)39-26-28-43-42-19-8-10-21-47(42)56-48(43)32-39/h1-32H/i7D,9D,18D,20D. The lowest BCUT2D eigenvalue weighted by atomic mass is 9.99. The third kappa shape index (κ3) is 5.45. The van der Waals surface area contributed by atoms with Crippen LogP contribution >= 0.6 is 0 Å². The first-order valence-corrected chi connectivity index (χ1v) is 18.4. The van der Waals surface area contributed by atoms with E-state index in [0.717, 1.165) is 66.2 Å². The van der Waals surface area contributed by atoms with E-state index >= 15 is 0 Å². The lowest BCUT2D eigenvalue weighted by molar-refractivity contribution is 0.669. The smallest absolute Gasteiger partial charge is 0.164 e. The summed E-state index contributed by atoms with van der Waals surface area (Å²) in [5.41, 5.74) is 9.91. The Bertz CT molecular complexity index is 3470. The predicted molar refractivity (Wildman–Crippen MR) is 229 cm³/mol. The molecule has 0 radical (unpaired) electrons. The molecule has 3 heterocycles. The van der Waals surface area contributed by atoms with Gasteiger partial charge in [-0.1, -0.05) is 146 Å². The Kier molecular flexibility index (Phi) is 6.50. The number of rotatable bonds is 6. The van der Waals surface area contributed by atoms with E-state index in [1.807, 2.05) is 132 Å². The number of benzene rings is 8. The zero-order valence-corrected chi connectivity index (χ0v) is 29.9. The summed E-state index contributed by atoms with van der Waals surface area (Å²) in [6.07, 6.45) is 0. The third-order valence-corrected chi connectivity index (χ3v) is 10.4. The summed E-state index contributed by atoms with van der Waals surface area (Å²) in [6.45, 7) is 0. The van der Waals surface area contributed by atoms with Crippen LogP contribution in [-0.4, -0.2) is 19.5 Å². The van der Waals surface area contributed by atoms with Gasteiger partial charge in [-0.25, -0.2) is 15.0 Å². The van der Waals surface area contributed by atoms with Gasteiger partial charge in [0, 0.05) is 43.9 Å². The molecule has 0 aliphatic heterocycles. The molecule has 0 aliphatic carbocycles. The number of aromatic nitrogens is 4. The van der Waals surface area contributed by atoms with Crippen molar-refractivity contribution in [2.75, 3.05) is 0 Å². The molecule has 0 saturated carbocycles. The van der Waals surface area contributed by atoms with Crippen LogP contribution in [0.15, 0.2) is 198 Å². The first-order chi connectivity index (χ1) is 29.4. The second-order valence-electron chi connectivity index (χ2n) is 13.8. The number of para-hydroxylation sites is 2. The van der Waals surface area contributed by atoms with E-state index in [2.05, 4.69) is 42.5 Å². The summed E-state index contributed by atoms with van der Waals surface area (Å²) in [5.74, 6) is 1.46. The highest BCUT2D eigenvalue weighted by Crippen LogP contribution is 2.37. The van der Waals surface area contributed by atoms with Crippen LogP contribution in [0.3, 0.4) is 0 Å². The highest BCUT2D eigenvalue weighted by molar-refractivity contribution is 6.10. The van der Waals surface area contributed by atoms with E-state index in [-0.39, 0.29) is 24.2 Å². The van der Waals surface area contributed by atoms with Gasteiger partial charge in [0.05, 0.1) is 16.5 Å². The molecule has 0 spiro atoms. The van der Waals surface area contributed by atoms with Gasteiger partial charge < -0.3 is 8.98 Å². The maximum absolute atomic E-state index is 9.18. The van der Waals surface area contributed by atoms with Crippen molar-refractivity contribution in [2.45, 2.75) is 0 Å². The number of hydrogen-bond donors (Lipinski definition) is 0. The summed E-state index contributed by atoms with van der Waals surface area (Å²) in [5, 5.41) is 3.23. The minimum Gasteiger partial charge on any atom is -0.456 e. The molecule has 0 aliphatic rings. The fraction of sp³-hybridized carbons (Fsp3) is 0. The number of furan rings is 1. The second-order valence-corrected chi connectivity index (χ2v) is 13.8. The summed E-state index contributed by atoms with van der Waals surface area (Å²) >= 11 is 0. The molecule has 0 amide bonds. The van der Waals surface area contributed by atoms with Gasteiger partial charge in [0.25, 0.3) is 0 Å². The number of hydrogen-bond acceptors (Lipinski definition) is 4.